The summed E-state index contributed by atoms with van der Waals surface area (Å²) in [5.41, 5.74) is 2.85. The summed E-state index contributed by atoms with van der Waals surface area (Å²) in [5.74, 6) is -2.45. The van der Waals surface area contributed by atoms with Gasteiger partial charge in [0.15, 0.2) is 11.6 Å². The molecule has 0 bridgehead atoms. The van der Waals surface area contributed by atoms with Crippen LogP contribution >= 0.6 is 0 Å². The third-order valence-electron chi connectivity index (χ3n) is 2.88. The van der Waals surface area contributed by atoms with Crippen molar-refractivity contribution >= 4 is 33.5 Å². The number of rotatable bonds is 1. The van der Waals surface area contributed by atoms with Crippen LogP contribution in [0.25, 0.3) is 0 Å². The van der Waals surface area contributed by atoms with Crippen LogP contribution in [0.2, 0.25) is 0 Å². The summed E-state index contributed by atoms with van der Waals surface area (Å²) < 4.78 is 27.5. The van der Waals surface area contributed by atoms with E-state index in [1.165, 1.54) is 14.0 Å². The van der Waals surface area contributed by atoms with Crippen LogP contribution in [0.15, 0.2) is 0 Å². The minimum absolute atomic E-state index is 0.273. The number of hydrogen-bond acceptors (Lipinski definition) is 7. The number of hydrogen-bond donors (Lipinski definition) is 2. The summed E-state index contributed by atoms with van der Waals surface area (Å²) in [4.78, 5) is 44.8. The highest BCUT2D eigenvalue weighted by Gasteiger charge is 2.74. The van der Waals surface area contributed by atoms with Crippen molar-refractivity contribution in [3.05, 3.63) is 0 Å². The zero-order valence-electron chi connectivity index (χ0n) is 10.1. The highest BCUT2D eigenvalue weighted by atomic mass is 32.2. The first-order valence-corrected chi connectivity index (χ1v) is 6.58. The number of carbonyl (C=O) groups excluding carboxylic acids is 4. The average molecular weight is 292 g/mol. The molecule has 1 atom stereocenters. The lowest BCUT2D eigenvalue weighted by molar-refractivity contribution is -0.184. The number of likely N-dealkylation sites (tertiary alicyclic amines) is 1. The van der Waals surface area contributed by atoms with E-state index in [1.54, 1.807) is 0 Å². The molecule has 19 heavy (non-hydrogen) atoms. The van der Waals surface area contributed by atoms with Crippen LogP contribution in [0.4, 0.5) is 0 Å². The molecule has 2 rings (SSSR count). The van der Waals surface area contributed by atoms with E-state index in [0.717, 1.165) is 4.90 Å². The van der Waals surface area contributed by atoms with E-state index in [-0.39, 0.29) is 6.42 Å². The highest BCUT2D eigenvalue weighted by molar-refractivity contribution is 7.86. The SMILES string of the molecule is CC(N)S(=O)(=O)O.CN1C(=O)C2(C(=O)CC2=O)C1=O. The Kier molecular flexibility index (Phi) is 3.63. The predicted octanol–water partition coefficient (Wildman–Crippen LogP) is -2.31. The Balaban J connectivity index is 0.000000224. The van der Waals surface area contributed by atoms with Gasteiger partial charge in [-0.15, -0.1) is 0 Å². The minimum atomic E-state index is -3.96. The first kappa shape index (κ1) is 15.4. The van der Waals surface area contributed by atoms with Crippen LogP contribution < -0.4 is 5.73 Å². The normalized spacial score (nSPS) is 22.4. The number of ketones is 2. The van der Waals surface area contributed by atoms with Crippen LogP contribution in [-0.2, 0) is 29.3 Å². The van der Waals surface area contributed by atoms with Crippen molar-refractivity contribution < 1.29 is 32.1 Å². The Hall–Kier alpha value is -1.65. The summed E-state index contributed by atoms with van der Waals surface area (Å²) in [7, 11) is -2.70. The minimum Gasteiger partial charge on any atom is -0.313 e. The molecule has 1 spiro atoms. The quantitative estimate of drug-likeness (QED) is 0.310. The summed E-state index contributed by atoms with van der Waals surface area (Å²) in [6, 6.07) is 0. The van der Waals surface area contributed by atoms with Crippen LogP contribution in [-0.4, -0.2) is 53.7 Å². The maximum atomic E-state index is 11.1. The number of β-lactam (4-membered cyclic amide) rings is 2. The third-order valence-corrected chi connectivity index (χ3v) is 3.82. The molecule has 2 aliphatic rings. The molecule has 0 aromatic carbocycles. The van der Waals surface area contributed by atoms with Crippen LogP contribution in [0.1, 0.15) is 13.3 Å². The molecule has 10 heteroatoms. The van der Waals surface area contributed by atoms with Crippen molar-refractivity contribution in [2.24, 2.45) is 11.1 Å². The largest absolute Gasteiger partial charge is 0.313 e. The average Bonchev–Trinajstić information content (AvgIpc) is 2.28. The Bertz CT molecular complexity index is 545. The fourth-order valence-corrected chi connectivity index (χ4v) is 1.57. The second-order valence-electron chi connectivity index (χ2n) is 4.16. The van der Waals surface area contributed by atoms with E-state index in [2.05, 4.69) is 0 Å². The lowest BCUT2D eigenvalue weighted by Gasteiger charge is -2.46. The first-order valence-electron chi connectivity index (χ1n) is 5.08. The number of carbonyl (C=O) groups is 4. The molecule has 0 aromatic heterocycles. The molecule has 1 saturated heterocycles. The van der Waals surface area contributed by atoms with E-state index in [4.69, 9.17) is 10.3 Å². The van der Waals surface area contributed by atoms with E-state index < -0.39 is 44.3 Å². The van der Waals surface area contributed by atoms with Gasteiger partial charge in [0.1, 0.15) is 5.37 Å². The molecule has 2 amide bonds. The maximum Gasteiger partial charge on any atom is 0.280 e. The molecule has 0 radical (unpaired) electrons. The second kappa shape index (κ2) is 4.47. The smallest absolute Gasteiger partial charge is 0.280 e. The molecule has 1 aliphatic heterocycles. The number of amides is 2. The fourth-order valence-electron chi connectivity index (χ4n) is 1.57. The van der Waals surface area contributed by atoms with Gasteiger partial charge in [0.25, 0.3) is 21.9 Å². The topological polar surface area (TPSA) is 152 Å². The Morgan fingerprint density at radius 2 is 1.53 bits per heavy atom. The van der Waals surface area contributed by atoms with Gasteiger partial charge in [0, 0.05) is 7.05 Å². The van der Waals surface area contributed by atoms with Crippen molar-refractivity contribution in [3.63, 3.8) is 0 Å². The van der Waals surface area contributed by atoms with Crippen molar-refractivity contribution in [3.8, 4) is 0 Å². The standard InChI is InChI=1S/C7H5NO4.C2H7NO3S/c1-8-5(11)7(6(8)12)3(9)2-4(7)10;1-2(3)7(4,5)6/h2H2,1H3;2H,3H2,1H3,(H,4,5,6). The van der Waals surface area contributed by atoms with Crippen LogP contribution in [0.3, 0.4) is 0 Å². The predicted molar refractivity (Wildman–Crippen MR) is 60.0 cm³/mol. The Morgan fingerprint density at radius 3 is 1.68 bits per heavy atom. The van der Waals surface area contributed by atoms with Gasteiger partial charge < -0.3 is 5.73 Å². The monoisotopic (exact) mass is 292 g/mol. The van der Waals surface area contributed by atoms with Gasteiger partial charge in [-0.25, -0.2) is 0 Å². The van der Waals surface area contributed by atoms with Crippen LogP contribution in [0.5, 0.6) is 0 Å². The van der Waals surface area contributed by atoms with Gasteiger partial charge >= 0.3 is 0 Å². The molecular weight excluding hydrogens is 280 g/mol. The van der Waals surface area contributed by atoms with E-state index in [0.29, 0.717) is 0 Å². The third kappa shape index (κ3) is 2.07. The molecule has 0 aromatic rings. The molecular formula is C9H12N2O7S. The van der Waals surface area contributed by atoms with Gasteiger partial charge in [-0.05, 0) is 6.92 Å². The van der Waals surface area contributed by atoms with Crippen LogP contribution in [0, 0.1) is 5.41 Å². The lowest BCUT2D eigenvalue weighted by atomic mass is 9.60. The Labute approximate surface area is 108 Å². The van der Waals surface area contributed by atoms with Gasteiger partial charge in [-0.2, -0.15) is 8.42 Å². The van der Waals surface area contributed by atoms with Crippen molar-refractivity contribution in [2.45, 2.75) is 18.7 Å². The first-order chi connectivity index (χ1) is 8.47. The van der Waals surface area contributed by atoms with Gasteiger partial charge in [-0.1, -0.05) is 0 Å². The summed E-state index contributed by atoms with van der Waals surface area (Å²) >= 11 is 0. The van der Waals surface area contributed by atoms with Gasteiger partial charge in [0.05, 0.1) is 6.42 Å². The van der Waals surface area contributed by atoms with E-state index in [9.17, 15) is 27.6 Å². The highest BCUT2D eigenvalue weighted by Crippen LogP contribution is 2.43. The molecule has 2 fully saturated rings. The molecule has 106 valence electrons. The number of imide groups is 1. The van der Waals surface area contributed by atoms with E-state index >= 15 is 0 Å². The lowest BCUT2D eigenvalue weighted by Crippen LogP contribution is -2.76. The molecule has 1 unspecified atom stereocenters. The van der Waals surface area contributed by atoms with Gasteiger partial charge in [-0.3, -0.25) is 28.6 Å². The zero-order valence-corrected chi connectivity index (χ0v) is 10.9. The van der Waals surface area contributed by atoms with Gasteiger partial charge in [0.2, 0.25) is 5.41 Å². The molecule has 3 N–H and O–H groups in total. The number of nitrogens with two attached hydrogens (primary N) is 1. The van der Waals surface area contributed by atoms with Crippen molar-refractivity contribution in [2.75, 3.05) is 7.05 Å². The second-order valence-corrected chi connectivity index (χ2v) is 5.94. The Morgan fingerprint density at radius 1 is 1.21 bits per heavy atom. The summed E-state index contributed by atoms with van der Waals surface area (Å²) in [5, 5.41) is -1.17. The molecule has 1 saturated carbocycles. The van der Waals surface area contributed by atoms with Crippen molar-refractivity contribution in [1.82, 2.24) is 4.90 Å². The summed E-state index contributed by atoms with van der Waals surface area (Å²) in [6.07, 6.45) is -0.273. The van der Waals surface area contributed by atoms with Crippen molar-refractivity contribution in [1.29, 1.82) is 0 Å². The number of Topliss-reactive ketones (excluding diaryl/α,β-unsaturated/α-hetero) is 2. The molecule has 1 aliphatic carbocycles. The van der Waals surface area contributed by atoms with E-state index in [1.807, 2.05) is 0 Å². The number of nitrogens with zero attached hydrogens (tertiary/aromatic N) is 1. The zero-order chi connectivity index (χ0) is 15.2. The molecule has 1 heterocycles. The fraction of sp³-hybridized carbons (Fsp3) is 0.556. The molecule has 9 nitrogen and oxygen atoms in total. The summed E-state index contributed by atoms with van der Waals surface area (Å²) in [6.45, 7) is 1.19. The maximum absolute atomic E-state index is 11.1.